The molecule has 6 nitrogen and oxygen atoms in total. The van der Waals surface area contributed by atoms with Crippen LogP contribution in [0.4, 0.5) is 5.69 Å². The van der Waals surface area contributed by atoms with Crippen LogP contribution in [-0.2, 0) is 12.8 Å². The number of rotatable bonds is 4. The molecule has 0 aliphatic carbocycles. The number of anilines is 1. The van der Waals surface area contributed by atoms with Crippen LogP contribution in [0.25, 0.3) is 4.96 Å². The molecule has 1 unspecified atom stereocenters. The van der Waals surface area contributed by atoms with E-state index in [2.05, 4.69) is 22.0 Å². The van der Waals surface area contributed by atoms with E-state index in [0.717, 1.165) is 29.0 Å². The number of hydrogen-bond acceptors (Lipinski definition) is 5. The van der Waals surface area contributed by atoms with Gasteiger partial charge in [-0.1, -0.05) is 48.5 Å². The summed E-state index contributed by atoms with van der Waals surface area (Å²) >= 11 is 1.48. The Morgan fingerprint density at radius 3 is 2.66 bits per heavy atom. The van der Waals surface area contributed by atoms with Crippen LogP contribution in [0.2, 0.25) is 0 Å². The third-order valence-corrected chi connectivity index (χ3v) is 7.01. The number of carbonyl (C=O) groups is 1. The molecule has 4 aromatic rings. The maximum absolute atomic E-state index is 13.6. The Morgan fingerprint density at radius 1 is 1.12 bits per heavy atom. The van der Waals surface area contributed by atoms with Crippen molar-refractivity contribution in [1.82, 2.24) is 14.3 Å². The van der Waals surface area contributed by atoms with Gasteiger partial charge in [0.15, 0.2) is 4.96 Å². The van der Waals surface area contributed by atoms with Gasteiger partial charge in [0, 0.05) is 42.0 Å². The highest BCUT2D eigenvalue weighted by Gasteiger charge is 2.31. The molecule has 7 heteroatoms. The van der Waals surface area contributed by atoms with E-state index >= 15 is 0 Å². The fraction of sp³-hybridized carbons (Fsp3) is 0.240. The van der Waals surface area contributed by atoms with Crippen LogP contribution in [-0.4, -0.2) is 46.9 Å². The molecule has 5 rings (SSSR count). The lowest BCUT2D eigenvalue weighted by atomic mass is 9.96. The van der Waals surface area contributed by atoms with Crippen LogP contribution in [0.15, 0.2) is 71.8 Å². The first-order valence-corrected chi connectivity index (χ1v) is 11.4. The van der Waals surface area contributed by atoms with Crippen molar-refractivity contribution in [2.45, 2.75) is 18.9 Å². The monoisotopic (exact) mass is 444 g/mol. The lowest BCUT2D eigenvalue weighted by Gasteiger charge is -2.37. The largest absolute Gasteiger partial charge is 0.306 e. The summed E-state index contributed by atoms with van der Waals surface area (Å²) in [6, 6.07) is 18.2. The number of fused-ring (bicyclic) bond motifs is 2. The topological polar surface area (TPSA) is 57.9 Å². The minimum atomic E-state index is -0.319. The molecule has 0 saturated heterocycles. The summed E-state index contributed by atoms with van der Waals surface area (Å²) in [7, 11) is 4.03. The zero-order valence-electron chi connectivity index (χ0n) is 18.1. The zero-order chi connectivity index (χ0) is 22.2. The number of nitrogens with zero attached hydrogens (tertiary/aromatic N) is 4. The van der Waals surface area contributed by atoms with E-state index in [1.54, 1.807) is 4.90 Å². The summed E-state index contributed by atoms with van der Waals surface area (Å²) in [4.78, 5) is 36.8. The minimum absolute atomic E-state index is 0.0979. The number of para-hydroxylation sites is 1. The first-order valence-electron chi connectivity index (χ1n) is 10.6. The number of hydrogen-bond donors (Lipinski definition) is 0. The van der Waals surface area contributed by atoms with Gasteiger partial charge in [-0.05, 0) is 37.7 Å². The molecule has 162 valence electrons. The van der Waals surface area contributed by atoms with Crippen molar-refractivity contribution in [1.29, 1.82) is 0 Å². The average molecular weight is 445 g/mol. The molecule has 3 heterocycles. The molecule has 32 heavy (non-hydrogen) atoms. The van der Waals surface area contributed by atoms with Crippen LogP contribution in [0.3, 0.4) is 0 Å². The third-order valence-electron chi connectivity index (χ3n) is 6.01. The molecule has 2 aromatic heterocycles. The van der Waals surface area contributed by atoms with E-state index in [9.17, 15) is 9.59 Å². The summed E-state index contributed by atoms with van der Waals surface area (Å²) < 4.78 is 1.51. The Kier molecular flexibility index (Phi) is 5.36. The van der Waals surface area contributed by atoms with Gasteiger partial charge in [-0.15, -0.1) is 11.3 Å². The summed E-state index contributed by atoms with van der Waals surface area (Å²) in [5, 5.41) is 0. The van der Waals surface area contributed by atoms with E-state index in [1.165, 1.54) is 27.5 Å². The third kappa shape index (κ3) is 3.74. The summed E-state index contributed by atoms with van der Waals surface area (Å²) in [5.41, 5.74) is 2.93. The van der Waals surface area contributed by atoms with Crippen molar-refractivity contribution >= 4 is 27.9 Å². The van der Waals surface area contributed by atoms with Crippen LogP contribution < -0.4 is 10.5 Å². The van der Waals surface area contributed by atoms with Crippen molar-refractivity contribution in [3.05, 3.63) is 98.9 Å². The Labute approximate surface area is 190 Å². The Hall–Kier alpha value is -3.29. The predicted octanol–water partition coefficient (Wildman–Crippen LogP) is 3.48. The number of aromatic nitrogens is 2. The minimum Gasteiger partial charge on any atom is -0.306 e. The highest BCUT2D eigenvalue weighted by Crippen LogP contribution is 2.29. The van der Waals surface area contributed by atoms with Gasteiger partial charge >= 0.3 is 0 Å². The van der Waals surface area contributed by atoms with E-state index in [-0.39, 0.29) is 23.1 Å². The number of carbonyl (C=O) groups excluding carboxylic acids is 1. The highest BCUT2D eigenvalue weighted by atomic mass is 32.1. The van der Waals surface area contributed by atoms with Crippen LogP contribution in [0.1, 0.15) is 26.4 Å². The summed E-state index contributed by atoms with van der Waals surface area (Å²) in [6.45, 7) is 0.536. The number of likely N-dealkylation sites (N-methyl/N-ethyl adjacent to an activating group) is 1. The smallest absolute Gasteiger partial charge is 0.271 e. The Balaban J connectivity index is 1.51. The van der Waals surface area contributed by atoms with Crippen molar-refractivity contribution in [3.63, 3.8) is 0 Å². The maximum atomic E-state index is 13.6. The quantitative estimate of drug-likeness (QED) is 0.484. The zero-order valence-corrected chi connectivity index (χ0v) is 18.9. The van der Waals surface area contributed by atoms with Gasteiger partial charge in [0.25, 0.3) is 11.5 Å². The molecule has 0 fully saturated rings. The van der Waals surface area contributed by atoms with Crippen molar-refractivity contribution in [2.24, 2.45) is 0 Å². The molecule has 0 spiro atoms. The molecule has 0 bridgehead atoms. The predicted molar refractivity (Wildman–Crippen MR) is 128 cm³/mol. The molecular weight excluding hydrogens is 420 g/mol. The average Bonchev–Trinajstić information content (AvgIpc) is 3.22. The molecule has 0 radical (unpaired) electrons. The molecule has 1 aliphatic heterocycles. The van der Waals surface area contributed by atoms with Gasteiger partial charge in [-0.25, -0.2) is 4.98 Å². The van der Waals surface area contributed by atoms with Crippen molar-refractivity contribution in [2.75, 3.05) is 25.5 Å². The molecule has 0 N–H and O–H groups in total. The van der Waals surface area contributed by atoms with Crippen LogP contribution in [0.5, 0.6) is 0 Å². The van der Waals surface area contributed by atoms with Gasteiger partial charge in [0.05, 0.1) is 0 Å². The first-order chi connectivity index (χ1) is 15.5. The highest BCUT2D eigenvalue weighted by molar-refractivity contribution is 7.17. The lowest BCUT2D eigenvalue weighted by molar-refractivity contribution is 0.0974. The molecule has 1 aliphatic rings. The Morgan fingerprint density at radius 2 is 1.88 bits per heavy atom. The standard InChI is InChI=1S/C25H24N4O2S/c1-27(2)19-13-18-10-6-7-11-22(18)28(15-19)23(30)21-14-26-25-29(24(21)31)16-20(32-25)12-17-8-4-3-5-9-17/h3-11,14,16,19H,12-13,15H2,1-2H3. The SMILES string of the molecule is CN(C)C1Cc2ccccc2N(C(=O)c2cnc3sc(Cc4ccccc4)cn3c2=O)C1. The van der Waals surface area contributed by atoms with E-state index in [1.807, 2.05) is 62.8 Å². The van der Waals surface area contributed by atoms with Crippen LogP contribution >= 0.6 is 11.3 Å². The molecule has 0 saturated carbocycles. The van der Waals surface area contributed by atoms with Gasteiger partial charge in [-0.3, -0.25) is 14.0 Å². The molecule has 2 aromatic carbocycles. The second-order valence-corrected chi connectivity index (χ2v) is 9.45. The first kappa shape index (κ1) is 20.6. The summed E-state index contributed by atoms with van der Waals surface area (Å²) in [6.07, 6.45) is 4.84. The van der Waals surface area contributed by atoms with Crippen molar-refractivity contribution < 1.29 is 4.79 Å². The van der Waals surface area contributed by atoms with Gasteiger partial charge in [0.1, 0.15) is 5.56 Å². The van der Waals surface area contributed by atoms with E-state index < -0.39 is 0 Å². The number of thiazole rings is 1. The van der Waals surface area contributed by atoms with E-state index in [0.29, 0.717) is 11.5 Å². The Bertz CT molecular complexity index is 1340. The van der Waals surface area contributed by atoms with Gasteiger partial charge in [-0.2, -0.15) is 0 Å². The van der Waals surface area contributed by atoms with Gasteiger partial charge in [0.2, 0.25) is 0 Å². The normalized spacial score (nSPS) is 15.8. The number of amides is 1. The van der Waals surface area contributed by atoms with Gasteiger partial charge < -0.3 is 9.80 Å². The fourth-order valence-corrected chi connectivity index (χ4v) is 5.18. The summed E-state index contributed by atoms with van der Waals surface area (Å²) in [5.74, 6) is -0.299. The second kappa shape index (κ2) is 8.33. The number of benzene rings is 2. The lowest BCUT2D eigenvalue weighted by Crippen LogP contribution is -2.49. The maximum Gasteiger partial charge on any atom is 0.271 e. The molecule has 1 amide bonds. The van der Waals surface area contributed by atoms with E-state index in [4.69, 9.17) is 0 Å². The second-order valence-electron chi connectivity index (χ2n) is 8.36. The molecule has 1 atom stereocenters. The molecular formula is C25H24N4O2S. The fourth-order valence-electron chi connectivity index (χ4n) is 4.21. The van der Waals surface area contributed by atoms with Crippen LogP contribution in [0, 0.1) is 0 Å². The van der Waals surface area contributed by atoms with Crippen molar-refractivity contribution in [3.8, 4) is 0 Å².